The van der Waals surface area contributed by atoms with Crippen molar-refractivity contribution in [1.82, 2.24) is 0 Å². The Morgan fingerprint density at radius 2 is 1.84 bits per heavy atom. The zero-order chi connectivity index (χ0) is 13.2. The van der Waals surface area contributed by atoms with Gasteiger partial charge in [0.05, 0.1) is 12.7 Å². The van der Waals surface area contributed by atoms with Gasteiger partial charge in [0, 0.05) is 23.1 Å². The largest absolute Gasteiger partial charge is 0.493 e. The molecule has 0 bridgehead atoms. The standard InChI is InChI=1S/C15H13ClO3/c16-10-1-3-11(4-2-10)19-12-5-6-13-14(17)7-8-18-15(13)9-12/h1-6,9,14,17H,7-8H2. The summed E-state index contributed by atoms with van der Waals surface area (Å²) in [5.74, 6) is 2.07. The van der Waals surface area contributed by atoms with E-state index in [0.29, 0.717) is 35.3 Å². The molecule has 0 aliphatic carbocycles. The van der Waals surface area contributed by atoms with E-state index >= 15 is 0 Å². The Morgan fingerprint density at radius 1 is 1.11 bits per heavy atom. The Morgan fingerprint density at radius 3 is 2.63 bits per heavy atom. The van der Waals surface area contributed by atoms with Gasteiger partial charge >= 0.3 is 0 Å². The highest BCUT2D eigenvalue weighted by Gasteiger charge is 2.19. The first kappa shape index (κ1) is 12.3. The number of aliphatic hydroxyl groups excluding tert-OH is 1. The highest BCUT2D eigenvalue weighted by Crippen LogP contribution is 2.36. The van der Waals surface area contributed by atoms with E-state index in [9.17, 15) is 5.11 Å². The third-order valence-corrected chi connectivity index (χ3v) is 3.29. The molecule has 98 valence electrons. The number of benzene rings is 2. The van der Waals surface area contributed by atoms with Gasteiger partial charge in [0.25, 0.3) is 0 Å². The first-order chi connectivity index (χ1) is 9.22. The average Bonchev–Trinajstić information content (AvgIpc) is 2.42. The van der Waals surface area contributed by atoms with Crippen molar-refractivity contribution in [2.45, 2.75) is 12.5 Å². The van der Waals surface area contributed by atoms with E-state index in [2.05, 4.69) is 0 Å². The van der Waals surface area contributed by atoms with Crippen LogP contribution in [0.4, 0.5) is 0 Å². The fraction of sp³-hybridized carbons (Fsp3) is 0.200. The van der Waals surface area contributed by atoms with Crippen molar-refractivity contribution in [3.05, 3.63) is 53.1 Å². The van der Waals surface area contributed by atoms with Crippen LogP contribution in [0.3, 0.4) is 0 Å². The molecule has 1 heterocycles. The molecular weight excluding hydrogens is 264 g/mol. The van der Waals surface area contributed by atoms with Crippen LogP contribution in [0.5, 0.6) is 17.2 Å². The van der Waals surface area contributed by atoms with Crippen LogP contribution in [0.1, 0.15) is 18.1 Å². The molecule has 1 atom stereocenters. The van der Waals surface area contributed by atoms with E-state index in [1.165, 1.54) is 0 Å². The van der Waals surface area contributed by atoms with Gasteiger partial charge < -0.3 is 14.6 Å². The van der Waals surface area contributed by atoms with Crippen LogP contribution in [-0.4, -0.2) is 11.7 Å². The van der Waals surface area contributed by atoms with Gasteiger partial charge in [-0.25, -0.2) is 0 Å². The normalized spacial score (nSPS) is 17.5. The number of halogens is 1. The second-order valence-corrected chi connectivity index (χ2v) is 4.84. The monoisotopic (exact) mass is 276 g/mol. The van der Waals surface area contributed by atoms with Gasteiger partial charge in [0.2, 0.25) is 0 Å². The predicted molar refractivity (Wildman–Crippen MR) is 73.0 cm³/mol. The summed E-state index contributed by atoms with van der Waals surface area (Å²) < 4.78 is 11.2. The van der Waals surface area contributed by atoms with Crippen molar-refractivity contribution < 1.29 is 14.6 Å². The first-order valence-corrected chi connectivity index (χ1v) is 6.48. The minimum absolute atomic E-state index is 0.451. The topological polar surface area (TPSA) is 38.7 Å². The van der Waals surface area contributed by atoms with Gasteiger partial charge in [-0.05, 0) is 36.4 Å². The van der Waals surface area contributed by atoms with Crippen molar-refractivity contribution in [3.63, 3.8) is 0 Å². The molecule has 4 heteroatoms. The molecule has 0 aromatic heterocycles. The Balaban J connectivity index is 1.84. The molecule has 0 fully saturated rings. The molecule has 2 aromatic carbocycles. The fourth-order valence-electron chi connectivity index (χ4n) is 2.05. The van der Waals surface area contributed by atoms with Crippen molar-refractivity contribution >= 4 is 11.6 Å². The summed E-state index contributed by atoms with van der Waals surface area (Å²) in [5.41, 5.74) is 0.815. The molecule has 3 nitrogen and oxygen atoms in total. The number of aliphatic hydroxyl groups is 1. The summed E-state index contributed by atoms with van der Waals surface area (Å²) in [5, 5.41) is 10.5. The van der Waals surface area contributed by atoms with E-state index in [1.807, 2.05) is 12.1 Å². The van der Waals surface area contributed by atoms with E-state index < -0.39 is 6.10 Å². The third kappa shape index (κ3) is 2.67. The summed E-state index contributed by atoms with van der Waals surface area (Å²) in [6, 6.07) is 12.6. The van der Waals surface area contributed by atoms with Crippen LogP contribution in [0.2, 0.25) is 5.02 Å². The van der Waals surface area contributed by atoms with E-state index in [1.54, 1.807) is 30.3 Å². The number of rotatable bonds is 2. The number of ether oxygens (including phenoxy) is 2. The lowest BCUT2D eigenvalue weighted by Gasteiger charge is -2.22. The second-order valence-electron chi connectivity index (χ2n) is 4.41. The minimum Gasteiger partial charge on any atom is -0.493 e. The van der Waals surface area contributed by atoms with Crippen molar-refractivity contribution in [2.24, 2.45) is 0 Å². The molecular formula is C15H13ClO3. The van der Waals surface area contributed by atoms with Crippen molar-refractivity contribution in [2.75, 3.05) is 6.61 Å². The van der Waals surface area contributed by atoms with Crippen molar-refractivity contribution in [1.29, 1.82) is 0 Å². The Hall–Kier alpha value is -1.71. The van der Waals surface area contributed by atoms with E-state index in [-0.39, 0.29) is 0 Å². The Kier molecular flexibility index (Phi) is 3.32. The predicted octanol–water partition coefficient (Wildman–Crippen LogP) is 3.95. The lowest BCUT2D eigenvalue weighted by Crippen LogP contribution is -2.13. The quantitative estimate of drug-likeness (QED) is 0.903. The molecule has 0 radical (unpaired) electrons. The molecule has 0 amide bonds. The first-order valence-electron chi connectivity index (χ1n) is 6.10. The van der Waals surface area contributed by atoms with Crippen molar-refractivity contribution in [3.8, 4) is 17.2 Å². The summed E-state index contributed by atoms with van der Waals surface area (Å²) in [7, 11) is 0. The molecule has 0 spiro atoms. The lowest BCUT2D eigenvalue weighted by molar-refractivity contribution is 0.115. The third-order valence-electron chi connectivity index (χ3n) is 3.04. The maximum Gasteiger partial charge on any atom is 0.131 e. The second kappa shape index (κ2) is 5.11. The number of hydrogen-bond acceptors (Lipinski definition) is 3. The molecule has 19 heavy (non-hydrogen) atoms. The summed E-state index contributed by atoms with van der Waals surface area (Å²) >= 11 is 5.82. The van der Waals surface area contributed by atoms with Gasteiger partial charge in [-0.1, -0.05) is 11.6 Å². The van der Waals surface area contributed by atoms with Gasteiger partial charge in [0.1, 0.15) is 17.2 Å². The Bertz CT molecular complexity index is 580. The molecule has 1 aliphatic heterocycles. The average molecular weight is 277 g/mol. The summed E-state index contributed by atoms with van der Waals surface area (Å²) in [6.45, 7) is 0.526. The van der Waals surface area contributed by atoms with Crippen LogP contribution in [-0.2, 0) is 0 Å². The van der Waals surface area contributed by atoms with Gasteiger partial charge in [-0.3, -0.25) is 0 Å². The van der Waals surface area contributed by atoms with Crippen LogP contribution >= 0.6 is 11.6 Å². The molecule has 1 aliphatic rings. The molecule has 0 saturated carbocycles. The number of hydrogen-bond donors (Lipinski definition) is 1. The maximum atomic E-state index is 9.84. The van der Waals surface area contributed by atoms with Gasteiger partial charge in [0.15, 0.2) is 0 Å². The molecule has 3 rings (SSSR count). The molecule has 1 unspecified atom stereocenters. The zero-order valence-electron chi connectivity index (χ0n) is 10.2. The van der Waals surface area contributed by atoms with Gasteiger partial charge in [-0.15, -0.1) is 0 Å². The number of fused-ring (bicyclic) bond motifs is 1. The van der Waals surface area contributed by atoms with E-state index in [0.717, 1.165) is 5.56 Å². The fourth-order valence-corrected chi connectivity index (χ4v) is 2.18. The van der Waals surface area contributed by atoms with Crippen LogP contribution in [0, 0.1) is 0 Å². The van der Waals surface area contributed by atoms with Crippen LogP contribution < -0.4 is 9.47 Å². The Labute approximate surface area is 116 Å². The minimum atomic E-state index is -0.451. The maximum absolute atomic E-state index is 9.84. The zero-order valence-corrected chi connectivity index (χ0v) is 10.9. The lowest BCUT2D eigenvalue weighted by atomic mass is 10.0. The highest BCUT2D eigenvalue weighted by atomic mass is 35.5. The summed E-state index contributed by atoms with van der Waals surface area (Å²) in [6.07, 6.45) is 0.179. The summed E-state index contributed by atoms with van der Waals surface area (Å²) in [4.78, 5) is 0. The molecule has 2 aromatic rings. The molecule has 1 N–H and O–H groups in total. The van der Waals surface area contributed by atoms with Crippen LogP contribution in [0.15, 0.2) is 42.5 Å². The highest BCUT2D eigenvalue weighted by molar-refractivity contribution is 6.30. The smallest absolute Gasteiger partial charge is 0.131 e. The van der Waals surface area contributed by atoms with Crippen LogP contribution in [0.25, 0.3) is 0 Å². The van der Waals surface area contributed by atoms with E-state index in [4.69, 9.17) is 21.1 Å². The van der Waals surface area contributed by atoms with Gasteiger partial charge in [-0.2, -0.15) is 0 Å². The SMILES string of the molecule is OC1CCOc2cc(Oc3ccc(Cl)cc3)ccc21. The molecule has 0 saturated heterocycles.